The van der Waals surface area contributed by atoms with Crippen molar-refractivity contribution in [2.45, 2.75) is 13.8 Å². The number of benzene rings is 2. The van der Waals surface area contributed by atoms with Gasteiger partial charge in [-0.2, -0.15) is 5.11 Å². The summed E-state index contributed by atoms with van der Waals surface area (Å²) in [5.74, 6) is 0.220. The van der Waals surface area contributed by atoms with Crippen LogP contribution in [0.3, 0.4) is 0 Å². The van der Waals surface area contributed by atoms with Gasteiger partial charge in [0.05, 0.1) is 11.4 Å². The molecule has 0 amide bonds. The van der Waals surface area contributed by atoms with E-state index in [1.807, 2.05) is 26.0 Å². The largest absolute Gasteiger partial charge is 0.507 e. The molecular weight excluding hydrogens is 262 g/mol. The zero-order valence-corrected chi connectivity index (χ0v) is 11.9. The van der Waals surface area contributed by atoms with E-state index < -0.39 is 0 Å². The summed E-state index contributed by atoms with van der Waals surface area (Å²) in [6.07, 6.45) is 3.33. The topological polar surface area (TPSA) is 57.8 Å². The fourth-order valence-electron chi connectivity index (χ4n) is 2.37. The van der Waals surface area contributed by atoms with Gasteiger partial charge in [0.2, 0.25) is 0 Å². The van der Waals surface area contributed by atoms with Gasteiger partial charge in [-0.3, -0.25) is 4.98 Å². The van der Waals surface area contributed by atoms with Crippen LogP contribution in [0.2, 0.25) is 0 Å². The second-order valence-electron chi connectivity index (χ2n) is 5.07. The van der Waals surface area contributed by atoms with E-state index in [0.717, 1.165) is 27.6 Å². The summed E-state index contributed by atoms with van der Waals surface area (Å²) in [6.45, 7) is 4.07. The second-order valence-corrected chi connectivity index (χ2v) is 5.07. The van der Waals surface area contributed by atoms with Crippen molar-refractivity contribution in [3.05, 3.63) is 59.9 Å². The molecule has 0 bridgehead atoms. The van der Waals surface area contributed by atoms with Crippen molar-refractivity contribution in [3.63, 3.8) is 0 Å². The maximum Gasteiger partial charge on any atom is 0.123 e. The molecule has 4 heteroatoms. The molecule has 3 rings (SSSR count). The van der Waals surface area contributed by atoms with Crippen molar-refractivity contribution in [1.82, 2.24) is 4.98 Å². The third-order valence-corrected chi connectivity index (χ3v) is 3.25. The number of rotatable bonds is 2. The van der Waals surface area contributed by atoms with Gasteiger partial charge in [-0.1, -0.05) is 6.07 Å². The van der Waals surface area contributed by atoms with E-state index in [0.29, 0.717) is 5.69 Å². The number of aromatic nitrogens is 1. The average Bonchev–Trinajstić information content (AvgIpc) is 2.46. The molecule has 0 aliphatic rings. The van der Waals surface area contributed by atoms with Crippen LogP contribution in [0.5, 0.6) is 5.75 Å². The third kappa shape index (κ3) is 2.74. The van der Waals surface area contributed by atoms with E-state index >= 15 is 0 Å². The second kappa shape index (κ2) is 5.32. The maximum absolute atomic E-state index is 9.85. The van der Waals surface area contributed by atoms with Gasteiger partial charge >= 0.3 is 0 Å². The summed E-state index contributed by atoms with van der Waals surface area (Å²) in [5, 5.41) is 20.0. The van der Waals surface area contributed by atoms with Gasteiger partial charge in [-0.25, -0.2) is 0 Å². The summed E-state index contributed by atoms with van der Waals surface area (Å²) in [6, 6.07) is 11.2. The molecule has 0 saturated heterocycles. The van der Waals surface area contributed by atoms with Gasteiger partial charge in [0.1, 0.15) is 5.75 Å². The van der Waals surface area contributed by atoms with Gasteiger partial charge < -0.3 is 5.11 Å². The fourth-order valence-corrected chi connectivity index (χ4v) is 2.37. The molecule has 0 saturated carbocycles. The standard InChI is InChI=1S/C17H15N3O/c1-11-7-12(2)9-13(8-11)19-20-16-3-4-17(21)14-5-6-18-10-15(14)16/h3-10,21H,1-2H3. The summed E-state index contributed by atoms with van der Waals surface area (Å²) in [7, 11) is 0. The van der Waals surface area contributed by atoms with E-state index in [1.165, 1.54) is 0 Å². The summed E-state index contributed by atoms with van der Waals surface area (Å²) in [5.41, 5.74) is 3.81. The quantitative estimate of drug-likeness (QED) is 0.672. The van der Waals surface area contributed by atoms with Crippen molar-refractivity contribution in [2.24, 2.45) is 10.2 Å². The zero-order chi connectivity index (χ0) is 14.8. The van der Waals surface area contributed by atoms with Crippen LogP contribution in [0.15, 0.2) is 59.0 Å². The Bertz CT molecular complexity index is 820. The number of nitrogens with zero attached hydrogens (tertiary/aromatic N) is 3. The molecule has 1 heterocycles. The first-order chi connectivity index (χ1) is 10.1. The van der Waals surface area contributed by atoms with E-state index in [-0.39, 0.29) is 5.75 Å². The van der Waals surface area contributed by atoms with Crippen LogP contribution >= 0.6 is 0 Å². The van der Waals surface area contributed by atoms with Crippen molar-refractivity contribution in [1.29, 1.82) is 0 Å². The van der Waals surface area contributed by atoms with Crippen LogP contribution < -0.4 is 0 Å². The Hall–Kier alpha value is -2.75. The van der Waals surface area contributed by atoms with Crippen LogP contribution in [0, 0.1) is 13.8 Å². The first kappa shape index (κ1) is 13.2. The van der Waals surface area contributed by atoms with Crippen LogP contribution in [-0.4, -0.2) is 10.1 Å². The summed E-state index contributed by atoms with van der Waals surface area (Å²) in [4.78, 5) is 4.09. The molecule has 0 fully saturated rings. The van der Waals surface area contributed by atoms with E-state index in [2.05, 4.69) is 21.3 Å². The lowest BCUT2D eigenvalue weighted by atomic mass is 10.1. The average molecular weight is 277 g/mol. The minimum atomic E-state index is 0.220. The molecule has 4 nitrogen and oxygen atoms in total. The van der Waals surface area contributed by atoms with E-state index in [1.54, 1.807) is 30.6 Å². The molecule has 0 aliphatic carbocycles. The Morgan fingerprint density at radius 1 is 0.905 bits per heavy atom. The van der Waals surface area contributed by atoms with Crippen molar-refractivity contribution >= 4 is 22.1 Å². The number of aryl methyl sites for hydroxylation is 2. The lowest BCUT2D eigenvalue weighted by Crippen LogP contribution is -1.78. The van der Waals surface area contributed by atoms with Crippen LogP contribution in [-0.2, 0) is 0 Å². The number of phenols is 1. The molecule has 0 aliphatic heterocycles. The number of hydrogen-bond donors (Lipinski definition) is 1. The summed E-state index contributed by atoms with van der Waals surface area (Å²) >= 11 is 0. The molecule has 1 aromatic heterocycles. The van der Waals surface area contributed by atoms with Crippen molar-refractivity contribution < 1.29 is 5.11 Å². The highest BCUT2D eigenvalue weighted by molar-refractivity contribution is 5.95. The molecule has 3 aromatic rings. The van der Waals surface area contributed by atoms with Crippen molar-refractivity contribution in [2.75, 3.05) is 0 Å². The molecule has 0 spiro atoms. The first-order valence-electron chi connectivity index (χ1n) is 6.69. The van der Waals surface area contributed by atoms with Crippen LogP contribution in [0.1, 0.15) is 11.1 Å². The lowest BCUT2D eigenvalue weighted by Gasteiger charge is -2.03. The van der Waals surface area contributed by atoms with E-state index in [9.17, 15) is 5.11 Å². The minimum absolute atomic E-state index is 0.220. The highest BCUT2D eigenvalue weighted by atomic mass is 16.3. The zero-order valence-electron chi connectivity index (χ0n) is 11.9. The first-order valence-corrected chi connectivity index (χ1v) is 6.69. The SMILES string of the molecule is Cc1cc(C)cc(N=Nc2ccc(O)c3ccncc23)c1. The molecule has 0 unspecified atom stereocenters. The molecule has 1 N–H and O–H groups in total. The Labute approximate surface area is 122 Å². The highest BCUT2D eigenvalue weighted by Gasteiger charge is 2.04. The monoisotopic (exact) mass is 277 g/mol. The number of azo groups is 1. The number of fused-ring (bicyclic) bond motifs is 1. The number of aromatic hydroxyl groups is 1. The predicted molar refractivity (Wildman–Crippen MR) is 83.5 cm³/mol. The molecular formula is C17H15N3O. The van der Waals surface area contributed by atoms with Gasteiger partial charge in [-0.05, 0) is 55.3 Å². The number of hydrogen-bond acceptors (Lipinski definition) is 4. The van der Waals surface area contributed by atoms with Gasteiger partial charge in [-0.15, -0.1) is 5.11 Å². The lowest BCUT2D eigenvalue weighted by molar-refractivity contribution is 0.481. The molecule has 2 aromatic carbocycles. The van der Waals surface area contributed by atoms with Gasteiger partial charge in [0, 0.05) is 23.2 Å². The van der Waals surface area contributed by atoms with Gasteiger partial charge in [0.15, 0.2) is 0 Å². The minimum Gasteiger partial charge on any atom is -0.507 e. The number of phenolic OH excluding ortho intramolecular Hbond substituents is 1. The molecule has 21 heavy (non-hydrogen) atoms. The van der Waals surface area contributed by atoms with Gasteiger partial charge in [0.25, 0.3) is 0 Å². The highest BCUT2D eigenvalue weighted by Crippen LogP contribution is 2.32. The summed E-state index contributed by atoms with van der Waals surface area (Å²) < 4.78 is 0. The van der Waals surface area contributed by atoms with Crippen LogP contribution in [0.4, 0.5) is 11.4 Å². The number of pyridine rings is 1. The molecule has 0 radical (unpaired) electrons. The Kier molecular flexibility index (Phi) is 3.36. The Morgan fingerprint density at radius 2 is 1.67 bits per heavy atom. The predicted octanol–water partition coefficient (Wildman–Crippen LogP) is 4.97. The molecule has 104 valence electrons. The fraction of sp³-hybridized carbons (Fsp3) is 0.118. The van der Waals surface area contributed by atoms with Crippen LogP contribution in [0.25, 0.3) is 10.8 Å². The third-order valence-electron chi connectivity index (χ3n) is 3.25. The smallest absolute Gasteiger partial charge is 0.123 e. The molecule has 0 atom stereocenters. The Balaban J connectivity index is 2.05. The Morgan fingerprint density at radius 3 is 2.43 bits per heavy atom. The van der Waals surface area contributed by atoms with Crippen molar-refractivity contribution in [3.8, 4) is 5.75 Å². The maximum atomic E-state index is 9.85. The van der Waals surface area contributed by atoms with E-state index in [4.69, 9.17) is 0 Å². The normalized spacial score (nSPS) is 11.3.